The Morgan fingerprint density at radius 1 is 1.41 bits per heavy atom. The highest BCUT2D eigenvalue weighted by molar-refractivity contribution is 7.99. The van der Waals surface area contributed by atoms with Gasteiger partial charge >= 0.3 is 0 Å². The number of hydrogen-bond donors (Lipinski definition) is 1. The average Bonchev–Trinajstić information content (AvgIpc) is 2.73. The maximum atomic E-state index is 4.47. The number of hydrogen-bond acceptors (Lipinski definition) is 6. The second-order valence-corrected chi connectivity index (χ2v) is 4.46. The third kappa shape index (κ3) is 3.16. The molecule has 0 atom stereocenters. The predicted octanol–water partition coefficient (Wildman–Crippen LogP) is 1.58. The summed E-state index contributed by atoms with van der Waals surface area (Å²) in [7, 11) is 1.81. The molecule has 0 aliphatic carbocycles. The van der Waals surface area contributed by atoms with Crippen molar-refractivity contribution >= 4 is 17.6 Å². The Morgan fingerprint density at radius 2 is 2.29 bits per heavy atom. The molecule has 0 amide bonds. The highest BCUT2D eigenvalue weighted by atomic mass is 32.2. The lowest BCUT2D eigenvalue weighted by molar-refractivity contribution is 0.664. The molecule has 0 radical (unpaired) electrons. The van der Waals surface area contributed by atoms with E-state index in [-0.39, 0.29) is 0 Å². The van der Waals surface area contributed by atoms with Crippen LogP contribution in [0.25, 0.3) is 0 Å². The highest BCUT2D eigenvalue weighted by Crippen LogP contribution is 2.23. The number of aromatic nitrogens is 5. The first-order valence-corrected chi connectivity index (χ1v) is 6.22. The number of anilines is 1. The minimum absolute atomic E-state index is 0.727. The van der Waals surface area contributed by atoms with Crippen LogP contribution in [0.3, 0.4) is 0 Å². The van der Waals surface area contributed by atoms with Crippen LogP contribution in [0, 0.1) is 0 Å². The Kier molecular flexibility index (Phi) is 3.92. The number of nitrogens with zero attached hydrogens (tertiary/aromatic N) is 5. The molecule has 0 unspecified atom stereocenters. The lowest BCUT2D eigenvalue weighted by Crippen LogP contribution is -2.02. The van der Waals surface area contributed by atoms with Gasteiger partial charge in [0.05, 0.1) is 0 Å². The lowest BCUT2D eigenvalue weighted by atomic mass is 10.4. The Hall–Kier alpha value is -1.63. The fourth-order valence-corrected chi connectivity index (χ4v) is 1.95. The molecule has 0 bridgehead atoms. The third-order valence-electron chi connectivity index (χ3n) is 2.06. The van der Waals surface area contributed by atoms with Gasteiger partial charge in [-0.2, -0.15) is 0 Å². The van der Waals surface area contributed by atoms with E-state index >= 15 is 0 Å². The van der Waals surface area contributed by atoms with Crippen molar-refractivity contribution in [2.75, 3.05) is 11.9 Å². The molecule has 2 heterocycles. The van der Waals surface area contributed by atoms with Crippen LogP contribution >= 0.6 is 11.8 Å². The summed E-state index contributed by atoms with van der Waals surface area (Å²) in [5.41, 5.74) is 0. The molecule has 0 aromatic carbocycles. The van der Waals surface area contributed by atoms with Crippen LogP contribution in [-0.2, 0) is 7.05 Å². The standard InChI is InChI=1S/C10H14N6S/c1-3-7-11-8-5-4-6-9(12-8)17-10-13-14-15-16(10)2/h4-6H,3,7H2,1-2H3,(H,11,12). The summed E-state index contributed by atoms with van der Waals surface area (Å²) in [6, 6.07) is 5.86. The van der Waals surface area contributed by atoms with E-state index in [4.69, 9.17) is 0 Å². The zero-order valence-corrected chi connectivity index (χ0v) is 10.6. The Bertz CT molecular complexity index is 483. The Labute approximate surface area is 104 Å². The van der Waals surface area contributed by atoms with Gasteiger partial charge in [0.25, 0.3) is 0 Å². The summed E-state index contributed by atoms with van der Waals surface area (Å²) in [5.74, 6) is 0.881. The van der Waals surface area contributed by atoms with Gasteiger partial charge in [-0.25, -0.2) is 9.67 Å². The smallest absolute Gasteiger partial charge is 0.215 e. The van der Waals surface area contributed by atoms with Crippen molar-refractivity contribution in [2.45, 2.75) is 23.5 Å². The molecule has 0 aliphatic heterocycles. The van der Waals surface area contributed by atoms with Crippen LogP contribution in [-0.4, -0.2) is 31.7 Å². The van der Waals surface area contributed by atoms with Crippen molar-refractivity contribution in [1.29, 1.82) is 0 Å². The Balaban J connectivity index is 2.08. The van der Waals surface area contributed by atoms with Gasteiger partial charge in [-0.15, -0.1) is 5.10 Å². The maximum absolute atomic E-state index is 4.47. The molecule has 90 valence electrons. The molecule has 17 heavy (non-hydrogen) atoms. The zero-order valence-electron chi connectivity index (χ0n) is 9.79. The van der Waals surface area contributed by atoms with Gasteiger partial charge in [0.15, 0.2) is 0 Å². The van der Waals surface area contributed by atoms with Crippen molar-refractivity contribution in [3.05, 3.63) is 18.2 Å². The van der Waals surface area contributed by atoms with Gasteiger partial charge in [0.1, 0.15) is 10.8 Å². The van der Waals surface area contributed by atoms with Gasteiger partial charge < -0.3 is 5.32 Å². The third-order valence-corrected chi connectivity index (χ3v) is 3.02. The first-order valence-electron chi connectivity index (χ1n) is 5.40. The van der Waals surface area contributed by atoms with Crippen molar-refractivity contribution in [2.24, 2.45) is 7.05 Å². The van der Waals surface area contributed by atoms with E-state index in [9.17, 15) is 0 Å². The molecular weight excluding hydrogens is 236 g/mol. The van der Waals surface area contributed by atoms with Crippen molar-refractivity contribution < 1.29 is 0 Å². The number of nitrogens with one attached hydrogen (secondary N) is 1. The molecule has 0 aliphatic rings. The minimum Gasteiger partial charge on any atom is -0.370 e. The van der Waals surface area contributed by atoms with E-state index in [0.29, 0.717) is 0 Å². The molecule has 0 spiro atoms. The van der Waals surface area contributed by atoms with E-state index in [1.165, 1.54) is 11.8 Å². The second kappa shape index (κ2) is 5.62. The maximum Gasteiger partial charge on any atom is 0.215 e. The molecule has 7 heteroatoms. The molecule has 0 fully saturated rings. The summed E-state index contributed by atoms with van der Waals surface area (Å²) in [6.45, 7) is 3.05. The quantitative estimate of drug-likeness (QED) is 0.869. The van der Waals surface area contributed by atoms with Crippen LogP contribution in [0.5, 0.6) is 0 Å². The van der Waals surface area contributed by atoms with Crippen molar-refractivity contribution in [1.82, 2.24) is 25.2 Å². The van der Waals surface area contributed by atoms with Gasteiger partial charge in [-0.1, -0.05) is 13.0 Å². The second-order valence-electron chi connectivity index (χ2n) is 3.47. The molecule has 2 rings (SSSR count). The summed E-state index contributed by atoms with van der Waals surface area (Å²) in [6.07, 6.45) is 1.08. The molecular formula is C10H14N6S. The monoisotopic (exact) mass is 250 g/mol. The minimum atomic E-state index is 0.727. The number of tetrazole rings is 1. The molecule has 1 N–H and O–H groups in total. The van der Waals surface area contributed by atoms with Gasteiger partial charge in [0.2, 0.25) is 5.16 Å². The molecule has 2 aromatic rings. The highest BCUT2D eigenvalue weighted by Gasteiger charge is 2.06. The van der Waals surface area contributed by atoms with Gasteiger partial charge in [-0.3, -0.25) is 0 Å². The first-order chi connectivity index (χ1) is 8.29. The number of aryl methyl sites for hydroxylation is 1. The van der Waals surface area contributed by atoms with Crippen LogP contribution < -0.4 is 5.32 Å². The first kappa shape index (κ1) is 11.8. The molecule has 0 saturated heterocycles. The number of pyridine rings is 1. The van der Waals surface area contributed by atoms with E-state index in [1.807, 2.05) is 25.2 Å². The van der Waals surface area contributed by atoms with Crippen LogP contribution in [0.2, 0.25) is 0 Å². The van der Waals surface area contributed by atoms with Crippen molar-refractivity contribution in [3.8, 4) is 0 Å². The molecule has 6 nitrogen and oxygen atoms in total. The fraction of sp³-hybridized carbons (Fsp3) is 0.400. The Morgan fingerprint density at radius 3 is 3.00 bits per heavy atom. The summed E-state index contributed by atoms with van der Waals surface area (Å²) < 4.78 is 1.62. The van der Waals surface area contributed by atoms with Crippen molar-refractivity contribution in [3.63, 3.8) is 0 Å². The summed E-state index contributed by atoms with van der Waals surface area (Å²) in [4.78, 5) is 4.47. The summed E-state index contributed by atoms with van der Waals surface area (Å²) in [5, 5.41) is 16.1. The van der Waals surface area contributed by atoms with Crippen LogP contribution in [0.4, 0.5) is 5.82 Å². The largest absolute Gasteiger partial charge is 0.370 e. The van der Waals surface area contributed by atoms with Crippen LogP contribution in [0.15, 0.2) is 28.4 Å². The zero-order chi connectivity index (χ0) is 12.1. The van der Waals surface area contributed by atoms with E-state index in [2.05, 4.69) is 32.7 Å². The van der Waals surface area contributed by atoms with E-state index in [1.54, 1.807) is 4.68 Å². The van der Waals surface area contributed by atoms with Gasteiger partial charge in [-0.05, 0) is 40.7 Å². The fourth-order valence-electron chi connectivity index (χ4n) is 1.22. The molecule has 0 saturated carbocycles. The topological polar surface area (TPSA) is 68.5 Å². The van der Waals surface area contributed by atoms with Gasteiger partial charge in [0, 0.05) is 13.6 Å². The predicted molar refractivity (Wildman–Crippen MR) is 65.9 cm³/mol. The van der Waals surface area contributed by atoms with E-state index < -0.39 is 0 Å². The molecule has 2 aromatic heterocycles. The number of rotatable bonds is 5. The summed E-state index contributed by atoms with van der Waals surface area (Å²) >= 11 is 1.44. The average molecular weight is 250 g/mol. The van der Waals surface area contributed by atoms with Crippen LogP contribution in [0.1, 0.15) is 13.3 Å². The SMILES string of the molecule is CCCNc1cccc(Sc2nnnn2C)n1. The normalized spacial score (nSPS) is 10.5. The lowest BCUT2D eigenvalue weighted by Gasteiger charge is -2.05. The van der Waals surface area contributed by atoms with E-state index in [0.717, 1.165) is 29.0 Å².